The van der Waals surface area contributed by atoms with Gasteiger partial charge in [-0.05, 0) is 72.0 Å². The molecule has 0 aliphatic heterocycles. The molecule has 0 fully saturated rings. The summed E-state index contributed by atoms with van der Waals surface area (Å²) in [5.41, 5.74) is 2.85. The van der Waals surface area contributed by atoms with Crippen molar-refractivity contribution in [3.63, 3.8) is 0 Å². The van der Waals surface area contributed by atoms with E-state index in [1.54, 1.807) is 0 Å². The molecule has 2 aromatic carbocycles. The van der Waals surface area contributed by atoms with E-state index >= 15 is 0 Å². The Morgan fingerprint density at radius 3 is 1.32 bits per heavy atom. The molecule has 172 valence electrons. The van der Waals surface area contributed by atoms with Crippen LogP contribution in [0.1, 0.15) is 76.3 Å². The zero-order valence-corrected chi connectivity index (χ0v) is 20.4. The summed E-state index contributed by atoms with van der Waals surface area (Å²) >= 11 is 2.07. The van der Waals surface area contributed by atoms with Crippen molar-refractivity contribution in [3.05, 3.63) is 71.8 Å². The Kier molecular flexibility index (Phi) is 11.7. The Morgan fingerprint density at radius 1 is 0.581 bits per heavy atom. The molecule has 2 unspecified atom stereocenters. The standard InChI is InChI=1S/C28H42O2S/c1-27(19-21-29,25-13-5-3-6-14-25)17-9-11-23-31-24-12-10-18-28(2,20-22-30)26-15-7-4-8-16-26/h3-8,13-16,29-30H,9-12,17-24H2,1-2H3. The summed E-state index contributed by atoms with van der Waals surface area (Å²) in [6.45, 7) is 5.08. The van der Waals surface area contributed by atoms with Crippen LogP contribution in [0.4, 0.5) is 0 Å². The SMILES string of the molecule is CC(CCO)(CCCCSCCCCC(C)(CCO)c1ccccc1)c1ccccc1. The van der Waals surface area contributed by atoms with Gasteiger partial charge in [0, 0.05) is 13.2 Å². The van der Waals surface area contributed by atoms with Crippen molar-refractivity contribution in [1.82, 2.24) is 0 Å². The molecule has 0 radical (unpaired) electrons. The maximum Gasteiger partial charge on any atom is 0.0439 e. The molecular weight excluding hydrogens is 400 g/mol. The van der Waals surface area contributed by atoms with Gasteiger partial charge in [-0.25, -0.2) is 0 Å². The van der Waals surface area contributed by atoms with Gasteiger partial charge in [-0.3, -0.25) is 0 Å². The lowest BCUT2D eigenvalue weighted by molar-refractivity contribution is 0.235. The van der Waals surface area contributed by atoms with E-state index < -0.39 is 0 Å². The van der Waals surface area contributed by atoms with Crippen molar-refractivity contribution in [3.8, 4) is 0 Å². The average molecular weight is 443 g/mol. The van der Waals surface area contributed by atoms with E-state index in [2.05, 4.69) is 86.3 Å². The Bertz CT molecular complexity index is 644. The zero-order chi connectivity index (χ0) is 22.4. The Labute approximate surface area is 194 Å². The molecular formula is C28H42O2S. The number of unbranched alkanes of at least 4 members (excludes halogenated alkanes) is 2. The number of thioether (sulfide) groups is 1. The first-order chi connectivity index (χ1) is 15.0. The predicted octanol–water partition coefficient (Wildman–Crippen LogP) is 6.74. The molecule has 2 aromatic rings. The molecule has 0 heterocycles. The number of aliphatic hydroxyl groups excluding tert-OH is 2. The van der Waals surface area contributed by atoms with Crippen molar-refractivity contribution in [2.45, 2.75) is 76.0 Å². The molecule has 0 aliphatic rings. The van der Waals surface area contributed by atoms with Crippen LogP contribution in [-0.4, -0.2) is 34.9 Å². The lowest BCUT2D eigenvalue weighted by Crippen LogP contribution is -2.23. The second-order valence-corrected chi connectivity index (χ2v) is 10.6. The van der Waals surface area contributed by atoms with Gasteiger partial charge in [-0.2, -0.15) is 11.8 Å². The van der Waals surface area contributed by atoms with Gasteiger partial charge in [0.25, 0.3) is 0 Å². The highest BCUT2D eigenvalue weighted by Gasteiger charge is 2.26. The molecule has 0 amide bonds. The third-order valence-electron chi connectivity index (χ3n) is 6.80. The molecule has 3 heteroatoms. The topological polar surface area (TPSA) is 40.5 Å². The minimum absolute atomic E-state index is 0.0786. The number of benzene rings is 2. The number of rotatable bonds is 16. The lowest BCUT2D eigenvalue weighted by atomic mass is 9.76. The van der Waals surface area contributed by atoms with Crippen LogP contribution >= 0.6 is 11.8 Å². The Morgan fingerprint density at radius 2 is 0.968 bits per heavy atom. The summed E-state index contributed by atoms with van der Waals surface area (Å²) in [5.74, 6) is 2.44. The van der Waals surface area contributed by atoms with Gasteiger partial charge in [0.1, 0.15) is 0 Å². The number of hydrogen-bond acceptors (Lipinski definition) is 3. The maximum absolute atomic E-state index is 9.53. The van der Waals surface area contributed by atoms with Crippen molar-refractivity contribution in [2.75, 3.05) is 24.7 Å². The van der Waals surface area contributed by atoms with E-state index in [0.717, 1.165) is 25.7 Å². The number of hydrogen-bond donors (Lipinski definition) is 2. The number of aliphatic hydroxyl groups is 2. The minimum Gasteiger partial charge on any atom is -0.396 e. The highest BCUT2D eigenvalue weighted by atomic mass is 32.2. The van der Waals surface area contributed by atoms with Crippen LogP contribution in [0.5, 0.6) is 0 Å². The molecule has 2 N–H and O–H groups in total. The molecule has 0 saturated carbocycles. The predicted molar refractivity (Wildman–Crippen MR) is 136 cm³/mol. The third kappa shape index (κ3) is 8.63. The normalized spacial score (nSPS) is 15.4. The fourth-order valence-corrected chi connectivity index (χ4v) is 5.56. The van der Waals surface area contributed by atoms with Gasteiger partial charge in [0.15, 0.2) is 0 Å². The van der Waals surface area contributed by atoms with Gasteiger partial charge >= 0.3 is 0 Å². The van der Waals surface area contributed by atoms with Crippen LogP contribution in [-0.2, 0) is 10.8 Å². The maximum atomic E-state index is 9.53. The first kappa shape index (κ1) is 26.0. The highest BCUT2D eigenvalue weighted by molar-refractivity contribution is 7.99. The van der Waals surface area contributed by atoms with Crippen LogP contribution in [0.25, 0.3) is 0 Å². The summed E-state index contributed by atoms with van der Waals surface area (Å²) in [6, 6.07) is 21.3. The summed E-state index contributed by atoms with van der Waals surface area (Å²) < 4.78 is 0. The largest absolute Gasteiger partial charge is 0.396 e. The van der Waals surface area contributed by atoms with E-state index in [0.29, 0.717) is 0 Å². The van der Waals surface area contributed by atoms with Gasteiger partial charge < -0.3 is 10.2 Å². The van der Waals surface area contributed by atoms with Crippen molar-refractivity contribution < 1.29 is 10.2 Å². The molecule has 0 aliphatic carbocycles. The highest BCUT2D eigenvalue weighted by Crippen LogP contribution is 2.34. The zero-order valence-electron chi connectivity index (χ0n) is 19.6. The van der Waals surface area contributed by atoms with Gasteiger partial charge in [-0.15, -0.1) is 0 Å². The van der Waals surface area contributed by atoms with Crippen LogP contribution < -0.4 is 0 Å². The van der Waals surface area contributed by atoms with Gasteiger partial charge in [0.2, 0.25) is 0 Å². The Balaban J connectivity index is 1.63. The Hall–Kier alpha value is -1.29. The molecule has 0 aromatic heterocycles. The van der Waals surface area contributed by atoms with Crippen LogP contribution in [0, 0.1) is 0 Å². The van der Waals surface area contributed by atoms with E-state index in [4.69, 9.17) is 0 Å². The molecule has 2 rings (SSSR count). The second kappa shape index (κ2) is 14.0. The molecule has 0 bridgehead atoms. The molecule has 0 saturated heterocycles. The lowest BCUT2D eigenvalue weighted by Gasteiger charge is -2.30. The van der Waals surface area contributed by atoms with E-state index in [1.165, 1.54) is 48.3 Å². The van der Waals surface area contributed by atoms with Crippen LogP contribution in [0.3, 0.4) is 0 Å². The summed E-state index contributed by atoms with van der Waals surface area (Å²) in [5, 5.41) is 19.1. The third-order valence-corrected chi connectivity index (χ3v) is 7.96. The first-order valence-electron chi connectivity index (χ1n) is 11.9. The van der Waals surface area contributed by atoms with Crippen molar-refractivity contribution in [1.29, 1.82) is 0 Å². The van der Waals surface area contributed by atoms with Crippen molar-refractivity contribution in [2.24, 2.45) is 0 Å². The first-order valence-corrected chi connectivity index (χ1v) is 13.1. The monoisotopic (exact) mass is 442 g/mol. The average Bonchev–Trinajstić information content (AvgIpc) is 2.79. The quantitative estimate of drug-likeness (QED) is 0.283. The molecule has 31 heavy (non-hydrogen) atoms. The van der Waals surface area contributed by atoms with E-state index in [1.807, 2.05) is 0 Å². The van der Waals surface area contributed by atoms with Crippen LogP contribution in [0.2, 0.25) is 0 Å². The fourth-order valence-electron chi connectivity index (χ4n) is 4.54. The van der Waals surface area contributed by atoms with Gasteiger partial charge in [0.05, 0.1) is 0 Å². The van der Waals surface area contributed by atoms with Crippen LogP contribution in [0.15, 0.2) is 60.7 Å². The summed E-state index contributed by atoms with van der Waals surface area (Å²) in [7, 11) is 0. The minimum atomic E-state index is 0.0786. The van der Waals surface area contributed by atoms with E-state index in [-0.39, 0.29) is 24.0 Å². The van der Waals surface area contributed by atoms with Crippen molar-refractivity contribution >= 4 is 11.8 Å². The second-order valence-electron chi connectivity index (χ2n) is 9.33. The summed E-state index contributed by atoms with van der Waals surface area (Å²) in [4.78, 5) is 0. The summed E-state index contributed by atoms with van der Waals surface area (Å²) in [6.07, 6.45) is 8.83. The van der Waals surface area contributed by atoms with E-state index in [9.17, 15) is 10.2 Å². The molecule has 2 nitrogen and oxygen atoms in total. The molecule has 2 atom stereocenters. The fraction of sp³-hybridized carbons (Fsp3) is 0.571. The molecule has 0 spiro atoms. The smallest absolute Gasteiger partial charge is 0.0439 e. The van der Waals surface area contributed by atoms with Gasteiger partial charge in [-0.1, -0.05) is 87.4 Å².